The minimum absolute atomic E-state index is 0.0554. The van der Waals surface area contributed by atoms with Crippen molar-refractivity contribution in [3.05, 3.63) is 102 Å². The Hall–Kier alpha value is -3.87. The molecular formula is C33H32O6. The molecule has 4 aromatic rings. The lowest BCUT2D eigenvalue weighted by Gasteiger charge is -2.35. The Morgan fingerprint density at radius 1 is 0.974 bits per heavy atom. The summed E-state index contributed by atoms with van der Waals surface area (Å²) in [5.74, 6) is -1.26. The van der Waals surface area contributed by atoms with E-state index in [0.29, 0.717) is 18.4 Å². The second-order valence-electron chi connectivity index (χ2n) is 10.8. The molecule has 1 aromatic heterocycles. The lowest BCUT2D eigenvalue weighted by atomic mass is 9.84. The Morgan fingerprint density at radius 3 is 2.36 bits per heavy atom. The van der Waals surface area contributed by atoms with Gasteiger partial charge in [0.2, 0.25) is 0 Å². The van der Waals surface area contributed by atoms with E-state index in [2.05, 4.69) is 12.1 Å². The average Bonchev–Trinajstić information content (AvgIpc) is 3.61. The number of benzene rings is 3. The molecule has 0 spiro atoms. The Balaban J connectivity index is 1.34. The first-order valence-corrected chi connectivity index (χ1v) is 13.5. The van der Waals surface area contributed by atoms with Gasteiger partial charge in [-0.15, -0.1) is 0 Å². The van der Waals surface area contributed by atoms with Crippen LogP contribution >= 0.6 is 0 Å². The van der Waals surface area contributed by atoms with E-state index in [1.165, 1.54) is 11.1 Å². The number of para-hydroxylation sites is 1. The number of fused-ring (bicyclic) bond motifs is 2. The van der Waals surface area contributed by atoms with Gasteiger partial charge < -0.3 is 24.5 Å². The molecule has 4 unspecified atom stereocenters. The maximum absolute atomic E-state index is 12.1. The van der Waals surface area contributed by atoms with Crippen molar-refractivity contribution < 1.29 is 29.3 Å². The predicted octanol–water partition coefficient (Wildman–Crippen LogP) is 5.80. The number of rotatable bonds is 8. The van der Waals surface area contributed by atoms with Gasteiger partial charge in [-0.05, 0) is 54.4 Å². The van der Waals surface area contributed by atoms with E-state index < -0.39 is 36.1 Å². The van der Waals surface area contributed by atoms with Crippen molar-refractivity contribution in [1.82, 2.24) is 0 Å². The number of hydrogen-bond donors (Lipinski definition) is 3. The molecule has 4 atom stereocenters. The molecule has 1 heterocycles. The Morgan fingerprint density at radius 2 is 1.64 bits per heavy atom. The Bertz CT molecular complexity index is 1480. The fourth-order valence-corrected chi connectivity index (χ4v) is 6.38. The molecule has 6 heteroatoms. The molecule has 3 aromatic carbocycles. The second kappa shape index (κ2) is 10.4. The minimum atomic E-state index is -1.45. The molecule has 6 nitrogen and oxygen atoms in total. The van der Waals surface area contributed by atoms with Crippen LogP contribution in [0.4, 0.5) is 0 Å². The van der Waals surface area contributed by atoms with Crippen LogP contribution in [-0.4, -0.2) is 39.1 Å². The van der Waals surface area contributed by atoms with E-state index in [-0.39, 0.29) is 11.9 Å². The van der Waals surface area contributed by atoms with Crippen molar-refractivity contribution in [3.8, 4) is 17.1 Å². The van der Waals surface area contributed by atoms with Gasteiger partial charge in [0.15, 0.2) is 5.60 Å². The van der Waals surface area contributed by atoms with Crippen LogP contribution in [0, 0.1) is 11.8 Å². The quantitative estimate of drug-likeness (QED) is 0.252. The summed E-state index contributed by atoms with van der Waals surface area (Å²) in [6, 6.07) is 25.5. The molecule has 0 aliphatic heterocycles. The van der Waals surface area contributed by atoms with Crippen LogP contribution < -0.4 is 4.74 Å². The number of carboxylic acid groups (broad SMARTS) is 1. The van der Waals surface area contributed by atoms with Crippen molar-refractivity contribution in [3.63, 3.8) is 0 Å². The molecule has 2 aliphatic carbocycles. The molecule has 39 heavy (non-hydrogen) atoms. The number of aliphatic hydroxyl groups is 2. The molecule has 3 N–H and O–H groups in total. The SMILES string of the molecule is O=C(O)CC1(Oc2oc3ccccc3c2-c2ccccc2)C(O)CCC1C=CC(O)C1Cc2ccccc2C1. The minimum Gasteiger partial charge on any atom is -0.481 e. The largest absolute Gasteiger partial charge is 0.481 e. The van der Waals surface area contributed by atoms with Crippen molar-refractivity contribution >= 4 is 16.9 Å². The zero-order chi connectivity index (χ0) is 27.0. The summed E-state index contributed by atoms with van der Waals surface area (Å²) in [7, 11) is 0. The molecule has 1 saturated carbocycles. The highest BCUT2D eigenvalue weighted by Gasteiger charge is 2.53. The van der Waals surface area contributed by atoms with Crippen LogP contribution in [0.5, 0.6) is 5.95 Å². The van der Waals surface area contributed by atoms with Crippen LogP contribution in [-0.2, 0) is 17.6 Å². The van der Waals surface area contributed by atoms with Gasteiger partial charge in [-0.2, -0.15) is 0 Å². The third kappa shape index (κ3) is 4.75. The maximum atomic E-state index is 12.1. The predicted molar refractivity (Wildman–Crippen MR) is 148 cm³/mol. The first kappa shape index (κ1) is 25.4. The first-order valence-electron chi connectivity index (χ1n) is 13.5. The second-order valence-corrected chi connectivity index (χ2v) is 10.8. The third-order valence-corrected chi connectivity index (χ3v) is 8.38. The molecule has 0 saturated heterocycles. The van der Waals surface area contributed by atoms with Crippen LogP contribution in [0.2, 0.25) is 0 Å². The van der Waals surface area contributed by atoms with E-state index in [1.54, 1.807) is 6.08 Å². The molecular weight excluding hydrogens is 492 g/mol. The van der Waals surface area contributed by atoms with E-state index >= 15 is 0 Å². The number of aliphatic carboxylic acids is 1. The highest BCUT2D eigenvalue weighted by molar-refractivity contribution is 5.97. The smallest absolute Gasteiger partial charge is 0.307 e. The maximum Gasteiger partial charge on any atom is 0.307 e. The zero-order valence-electron chi connectivity index (χ0n) is 21.6. The van der Waals surface area contributed by atoms with Crippen molar-refractivity contribution in [1.29, 1.82) is 0 Å². The summed E-state index contributed by atoms with van der Waals surface area (Å²) >= 11 is 0. The number of aliphatic hydroxyl groups excluding tert-OH is 2. The van der Waals surface area contributed by atoms with Gasteiger partial charge in [0.1, 0.15) is 5.58 Å². The summed E-state index contributed by atoms with van der Waals surface area (Å²) in [4.78, 5) is 12.1. The van der Waals surface area contributed by atoms with Crippen LogP contribution in [0.25, 0.3) is 22.1 Å². The average molecular weight is 525 g/mol. The number of carboxylic acids is 1. The van der Waals surface area contributed by atoms with E-state index in [0.717, 1.165) is 29.4 Å². The monoisotopic (exact) mass is 524 g/mol. The lowest BCUT2D eigenvalue weighted by Crippen LogP contribution is -2.50. The Labute approximate surface area is 227 Å². The Kier molecular flexibility index (Phi) is 6.75. The fourth-order valence-electron chi connectivity index (χ4n) is 6.38. The van der Waals surface area contributed by atoms with E-state index in [4.69, 9.17) is 9.15 Å². The summed E-state index contributed by atoms with van der Waals surface area (Å²) in [6.45, 7) is 0. The van der Waals surface area contributed by atoms with E-state index in [1.807, 2.05) is 72.8 Å². The standard InChI is InChI=1S/C33H32O6/c34-27(24-18-22-10-4-5-11-23(22)19-24)16-14-25-15-17-29(35)33(25,20-30(36)37)39-32-31(21-8-2-1-3-9-21)26-12-6-7-13-28(26)38-32/h1-14,16,24-25,27,29,34-35H,15,17-20H2,(H,36,37). The summed E-state index contributed by atoms with van der Waals surface area (Å²) < 4.78 is 12.7. The number of ether oxygens (including phenoxy) is 1. The third-order valence-electron chi connectivity index (χ3n) is 8.38. The number of carbonyl (C=O) groups is 1. The number of furan rings is 1. The van der Waals surface area contributed by atoms with Crippen molar-refractivity contribution in [2.45, 2.75) is 49.9 Å². The van der Waals surface area contributed by atoms with Crippen molar-refractivity contribution in [2.75, 3.05) is 0 Å². The van der Waals surface area contributed by atoms with Crippen LogP contribution in [0.1, 0.15) is 30.4 Å². The normalized spacial score (nSPS) is 23.8. The summed E-state index contributed by atoms with van der Waals surface area (Å²) in [5.41, 5.74) is 3.28. The fraction of sp³-hybridized carbons (Fsp3) is 0.303. The van der Waals surface area contributed by atoms with Gasteiger partial charge in [-0.1, -0.05) is 84.9 Å². The zero-order valence-corrected chi connectivity index (χ0v) is 21.6. The van der Waals surface area contributed by atoms with Gasteiger partial charge in [0, 0.05) is 11.3 Å². The first-order chi connectivity index (χ1) is 18.9. The van der Waals surface area contributed by atoms with Gasteiger partial charge >= 0.3 is 5.97 Å². The topological polar surface area (TPSA) is 100 Å². The summed E-state index contributed by atoms with van der Waals surface area (Å²) in [6.07, 6.45) is 4.00. The van der Waals surface area contributed by atoms with Gasteiger partial charge in [0.25, 0.3) is 5.95 Å². The van der Waals surface area contributed by atoms with Crippen LogP contribution in [0.15, 0.2) is 95.4 Å². The highest BCUT2D eigenvalue weighted by atomic mass is 16.6. The molecule has 2 aliphatic rings. The molecule has 6 rings (SSSR count). The van der Waals surface area contributed by atoms with Gasteiger partial charge in [-0.3, -0.25) is 4.79 Å². The molecule has 0 bridgehead atoms. The van der Waals surface area contributed by atoms with Gasteiger partial charge in [-0.25, -0.2) is 0 Å². The van der Waals surface area contributed by atoms with Crippen LogP contribution in [0.3, 0.4) is 0 Å². The van der Waals surface area contributed by atoms with E-state index in [9.17, 15) is 20.1 Å². The highest BCUT2D eigenvalue weighted by Crippen LogP contribution is 2.48. The van der Waals surface area contributed by atoms with Crippen molar-refractivity contribution in [2.24, 2.45) is 11.8 Å². The molecule has 0 amide bonds. The number of hydrogen-bond acceptors (Lipinski definition) is 5. The molecule has 200 valence electrons. The molecule has 0 radical (unpaired) electrons. The molecule has 1 fully saturated rings. The summed E-state index contributed by atoms with van der Waals surface area (Å²) in [5, 5.41) is 33.1. The lowest BCUT2D eigenvalue weighted by molar-refractivity contribution is -0.147. The van der Waals surface area contributed by atoms with Gasteiger partial charge in [0.05, 0.1) is 24.2 Å².